The highest BCUT2D eigenvalue weighted by atomic mass is 32.1. The number of thiocarbonyl (C=S) groups is 1. The second-order valence-corrected chi connectivity index (χ2v) is 6.71. The molecule has 1 saturated heterocycles. The van der Waals surface area contributed by atoms with Gasteiger partial charge in [0.25, 0.3) is 0 Å². The maximum absolute atomic E-state index is 13.0. The lowest BCUT2D eigenvalue weighted by molar-refractivity contribution is -0.137. The molecule has 0 amide bonds. The third-order valence-electron chi connectivity index (χ3n) is 4.56. The molecule has 0 saturated carbocycles. The summed E-state index contributed by atoms with van der Waals surface area (Å²) >= 11 is 5.35. The highest BCUT2D eigenvalue weighted by Crippen LogP contribution is 2.31. The monoisotopic (exact) mass is 382 g/mol. The largest absolute Gasteiger partial charge is 0.416 e. The van der Waals surface area contributed by atoms with Gasteiger partial charge in [-0.25, -0.2) is 4.39 Å². The van der Waals surface area contributed by atoms with Gasteiger partial charge in [-0.05, 0) is 66.9 Å². The molecule has 0 atom stereocenters. The Morgan fingerprint density at radius 2 is 1.69 bits per heavy atom. The van der Waals surface area contributed by atoms with Crippen molar-refractivity contribution in [3.8, 4) is 0 Å². The summed E-state index contributed by atoms with van der Waals surface area (Å²) in [4.78, 5) is 1.95. The van der Waals surface area contributed by atoms with Crippen LogP contribution in [0.5, 0.6) is 0 Å². The smallest absolute Gasteiger partial charge is 0.349 e. The van der Waals surface area contributed by atoms with E-state index in [0.717, 1.165) is 30.5 Å². The van der Waals surface area contributed by atoms with E-state index in [0.29, 0.717) is 29.8 Å². The summed E-state index contributed by atoms with van der Waals surface area (Å²) in [6.07, 6.45) is -2.67. The van der Waals surface area contributed by atoms with Crippen LogP contribution in [-0.2, 0) is 6.18 Å². The Kier molecular flexibility index (Phi) is 5.46. The second kappa shape index (κ2) is 7.61. The van der Waals surface area contributed by atoms with E-state index in [9.17, 15) is 17.6 Å². The topological polar surface area (TPSA) is 15.3 Å². The van der Waals surface area contributed by atoms with E-state index in [1.165, 1.54) is 18.2 Å². The molecule has 3 rings (SSSR count). The molecule has 2 aromatic carbocycles. The molecule has 1 N–H and O–H groups in total. The van der Waals surface area contributed by atoms with E-state index < -0.39 is 11.7 Å². The molecule has 1 fully saturated rings. The van der Waals surface area contributed by atoms with Gasteiger partial charge in [0.15, 0.2) is 5.11 Å². The minimum absolute atomic E-state index is 0.252. The summed E-state index contributed by atoms with van der Waals surface area (Å²) in [5.41, 5.74) is 0.716. The predicted octanol–water partition coefficient (Wildman–Crippen LogP) is 5.42. The Hall–Kier alpha value is -2.15. The number of alkyl halides is 3. The zero-order chi connectivity index (χ0) is 18.7. The van der Waals surface area contributed by atoms with Gasteiger partial charge >= 0.3 is 6.18 Å². The van der Waals surface area contributed by atoms with Crippen LogP contribution in [0, 0.1) is 5.82 Å². The lowest BCUT2D eigenvalue weighted by atomic mass is 9.89. The first-order valence-electron chi connectivity index (χ1n) is 8.31. The van der Waals surface area contributed by atoms with Crippen LogP contribution in [0.4, 0.5) is 23.2 Å². The van der Waals surface area contributed by atoms with E-state index in [1.807, 2.05) is 4.90 Å². The first-order chi connectivity index (χ1) is 12.3. The molecule has 0 aromatic heterocycles. The van der Waals surface area contributed by atoms with Crippen LogP contribution in [0.1, 0.15) is 29.9 Å². The van der Waals surface area contributed by atoms with Crippen molar-refractivity contribution in [2.45, 2.75) is 24.9 Å². The van der Waals surface area contributed by atoms with Crippen LogP contribution in [0.3, 0.4) is 0 Å². The number of benzene rings is 2. The molecule has 2 nitrogen and oxygen atoms in total. The van der Waals surface area contributed by atoms with Crippen molar-refractivity contribution in [2.24, 2.45) is 0 Å². The Labute approximate surface area is 154 Å². The molecule has 0 spiro atoms. The van der Waals surface area contributed by atoms with E-state index in [4.69, 9.17) is 12.2 Å². The van der Waals surface area contributed by atoms with Gasteiger partial charge in [0.2, 0.25) is 0 Å². The van der Waals surface area contributed by atoms with Crippen molar-refractivity contribution < 1.29 is 17.6 Å². The average Bonchev–Trinajstić information content (AvgIpc) is 2.62. The van der Waals surface area contributed by atoms with Crippen molar-refractivity contribution in [1.82, 2.24) is 4.90 Å². The lowest BCUT2D eigenvalue weighted by Gasteiger charge is -2.34. The first kappa shape index (κ1) is 18.6. The maximum Gasteiger partial charge on any atom is 0.416 e. The van der Waals surface area contributed by atoms with Gasteiger partial charge in [-0.3, -0.25) is 0 Å². The summed E-state index contributed by atoms with van der Waals surface area (Å²) in [5.74, 6) is 0.0841. The van der Waals surface area contributed by atoms with Crippen LogP contribution in [0.15, 0.2) is 48.5 Å². The van der Waals surface area contributed by atoms with Crippen LogP contribution >= 0.6 is 12.2 Å². The zero-order valence-corrected chi connectivity index (χ0v) is 14.7. The van der Waals surface area contributed by atoms with Gasteiger partial charge in [0, 0.05) is 18.8 Å². The number of halogens is 4. The summed E-state index contributed by atoms with van der Waals surface area (Å²) < 4.78 is 51.4. The molecular formula is C19H18F4N2S. The number of nitrogens with zero attached hydrogens (tertiary/aromatic N) is 1. The predicted molar refractivity (Wildman–Crippen MR) is 97.6 cm³/mol. The first-order valence-corrected chi connectivity index (χ1v) is 8.72. The van der Waals surface area contributed by atoms with E-state index in [-0.39, 0.29) is 5.82 Å². The number of hydrogen-bond donors (Lipinski definition) is 1. The lowest BCUT2D eigenvalue weighted by Crippen LogP contribution is -2.40. The van der Waals surface area contributed by atoms with Crippen LogP contribution in [-0.4, -0.2) is 23.1 Å². The quantitative estimate of drug-likeness (QED) is 0.551. The number of nitrogens with one attached hydrogen (secondary N) is 1. The Morgan fingerprint density at radius 1 is 1.04 bits per heavy atom. The molecule has 2 aromatic rings. The third kappa shape index (κ3) is 4.52. The Morgan fingerprint density at radius 3 is 2.31 bits per heavy atom. The van der Waals surface area contributed by atoms with Gasteiger partial charge in [-0.15, -0.1) is 0 Å². The van der Waals surface area contributed by atoms with Gasteiger partial charge in [0.1, 0.15) is 5.82 Å². The van der Waals surface area contributed by atoms with Crippen LogP contribution in [0.25, 0.3) is 0 Å². The standard InChI is InChI=1S/C19H18F4N2S/c20-16-6-4-13(5-7-16)14-8-10-25(11-9-14)18(26)24-17-3-1-2-15(12-17)19(21,22)23/h1-7,12,14H,8-11H2,(H,24,26). The zero-order valence-electron chi connectivity index (χ0n) is 13.9. The fourth-order valence-electron chi connectivity index (χ4n) is 3.13. The van der Waals surface area contributed by atoms with Crippen molar-refractivity contribution in [3.63, 3.8) is 0 Å². The average molecular weight is 382 g/mol. The molecule has 7 heteroatoms. The highest BCUT2D eigenvalue weighted by Gasteiger charge is 2.30. The molecule has 0 unspecified atom stereocenters. The van der Waals surface area contributed by atoms with Gasteiger partial charge in [-0.2, -0.15) is 13.2 Å². The van der Waals surface area contributed by atoms with Crippen molar-refractivity contribution in [3.05, 3.63) is 65.5 Å². The molecular weight excluding hydrogens is 364 g/mol. The van der Waals surface area contributed by atoms with Gasteiger partial charge in [-0.1, -0.05) is 18.2 Å². The summed E-state index contributed by atoms with van der Waals surface area (Å²) in [6.45, 7) is 1.40. The fraction of sp³-hybridized carbons (Fsp3) is 0.316. The van der Waals surface area contributed by atoms with E-state index >= 15 is 0 Å². The number of piperidine rings is 1. The molecule has 26 heavy (non-hydrogen) atoms. The van der Waals surface area contributed by atoms with Crippen molar-refractivity contribution >= 4 is 23.0 Å². The van der Waals surface area contributed by atoms with Crippen molar-refractivity contribution in [1.29, 1.82) is 0 Å². The second-order valence-electron chi connectivity index (χ2n) is 6.32. The summed E-state index contributed by atoms with van der Waals surface area (Å²) in [7, 11) is 0. The number of hydrogen-bond acceptors (Lipinski definition) is 1. The summed E-state index contributed by atoms with van der Waals surface area (Å²) in [6, 6.07) is 11.5. The molecule has 0 aliphatic carbocycles. The molecule has 1 aliphatic heterocycles. The number of likely N-dealkylation sites (tertiary alicyclic amines) is 1. The molecule has 1 heterocycles. The number of anilines is 1. The minimum Gasteiger partial charge on any atom is -0.349 e. The molecule has 0 bridgehead atoms. The van der Waals surface area contributed by atoms with E-state index in [1.54, 1.807) is 18.2 Å². The minimum atomic E-state index is -4.38. The van der Waals surface area contributed by atoms with E-state index in [2.05, 4.69) is 5.32 Å². The normalized spacial score (nSPS) is 15.8. The van der Waals surface area contributed by atoms with Crippen molar-refractivity contribution in [2.75, 3.05) is 18.4 Å². The highest BCUT2D eigenvalue weighted by molar-refractivity contribution is 7.80. The number of rotatable bonds is 2. The Balaban J connectivity index is 1.58. The molecule has 138 valence electrons. The Bertz CT molecular complexity index is 766. The molecule has 1 aliphatic rings. The van der Waals surface area contributed by atoms with Crippen LogP contribution in [0.2, 0.25) is 0 Å². The SMILES string of the molecule is Fc1ccc(C2CCN(C(=S)Nc3cccc(C(F)(F)F)c3)CC2)cc1. The summed E-state index contributed by atoms with van der Waals surface area (Å²) in [5, 5.41) is 3.31. The molecule has 0 radical (unpaired) electrons. The third-order valence-corrected chi connectivity index (χ3v) is 4.93. The maximum atomic E-state index is 13.0. The fourth-order valence-corrected chi connectivity index (χ4v) is 3.43. The van der Waals surface area contributed by atoms with Gasteiger partial charge < -0.3 is 10.2 Å². The van der Waals surface area contributed by atoms with Gasteiger partial charge in [0.05, 0.1) is 5.56 Å². The van der Waals surface area contributed by atoms with Crippen LogP contribution < -0.4 is 5.32 Å².